The van der Waals surface area contributed by atoms with E-state index >= 15 is 0 Å². The van der Waals surface area contributed by atoms with Gasteiger partial charge in [-0.1, -0.05) is 30.3 Å². The fraction of sp³-hybridized carbons (Fsp3) is 0.375. The van der Waals surface area contributed by atoms with E-state index in [0.717, 1.165) is 73.1 Å². The first-order valence-electron chi connectivity index (χ1n) is 14.1. The third-order valence-electron chi connectivity index (χ3n) is 7.33. The molecule has 3 amide bonds. The zero-order valence-corrected chi connectivity index (χ0v) is 24.8. The van der Waals surface area contributed by atoms with Crippen molar-refractivity contribution in [2.24, 2.45) is 0 Å². The third kappa shape index (κ3) is 7.70. The molecule has 3 aromatic rings. The lowest BCUT2D eigenvalue weighted by atomic mass is 10.1. The predicted octanol–water partition coefficient (Wildman–Crippen LogP) is 4.96. The molecule has 4 rings (SSSR count). The van der Waals surface area contributed by atoms with Gasteiger partial charge >= 0.3 is 6.03 Å². The Morgan fingerprint density at radius 2 is 1.51 bits per heavy atom. The maximum absolute atomic E-state index is 13.4. The smallest absolute Gasteiger partial charge is 0.323 e. The number of aryl methyl sites for hydroxylation is 2. The van der Waals surface area contributed by atoms with Crippen LogP contribution >= 0.6 is 0 Å². The third-order valence-corrected chi connectivity index (χ3v) is 7.33. The monoisotopic (exact) mass is 558 g/mol. The zero-order valence-electron chi connectivity index (χ0n) is 24.8. The van der Waals surface area contributed by atoms with Gasteiger partial charge in [0.1, 0.15) is 5.75 Å². The summed E-state index contributed by atoms with van der Waals surface area (Å²) in [6.45, 7) is 8.47. The Kier molecular flexibility index (Phi) is 10.1. The average molecular weight is 559 g/mol. The highest BCUT2D eigenvalue weighted by atomic mass is 16.5. The summed E-state index contributed by atoms with van der Waals surface area (Å²) in [4.78, 5) is 33.0. The van der Waals surface area contributed by atoms with Gasteiger partial charge in [0.15, 0.2) is 0 Å². The van der Waals surface area contributed by atoms with Crippen molar-refractivity contribution in [3.8, 4) is 5.75 Å². The van der Waals surface area contributed by atoms with E-state index in [-0.39, 0.29) is 11.9 Å². The average Bonchev–Trinajstić information content (AvgIpc) is 2.97. The first-order valence-corrected chi connectivity index (χ1v) is 14.1. The number of piperazine rings is 1. The minimum absolute atomic E-state index is 0.148. The number of nitrogens with one attached hydrogen (secondary N) is 3. The molecule has 0 bridgehead atoms. The van der Waals surface area contributed by atoms with Crippen LogP contribution in [0.25, 0.3) is 0 Å². The number of nitrogens with zero attached hydrogens (tertiary/aromatic N) is 3. The number of para-hydroxylation sites is 3. The lowest BCUT2D eigenvalue weighted by Crippen LogP contribution is -2.47. The molecule has 218 valence electrons. The number of carbonyl (C=O) groups excluding carboxylic acids is 2. The topological polar surface area (TPSA) is 89.2 Å². The Morgan fingerprint density at radius 3 is 2.17 bits per heavy atom. The number of urea groups is 1. The maximum Gasteiger partial charge on any atom is 0.323 e. The Labute approximate surface area is 243 Å². The van der Waals surface area contributed by atoms with Crippen LogP contribution in [0.1, 0.15) is 27.9 Å². The number of benzene rings is 3. The van der Waals surface area contributed by atoms with Gasteiger partial charge in [0.25, 0.3) is 5.91 Å². The molecule has 0 aromatic heterocycles. The Balaban J connectivity index is 1.51. The molecule has 1 fully saturated rings. The summed E-state index contributed by atoms with van der Waals surface area (Å²) in [5, 5.41) is 8.94. The number of carbonyl (C=O) groups is 2. The van der Waals surface area contributed by atoms with Crippen LogP contribution < -0.4 is 30.5 Å². The van der Waals surface area contributed by atoms with Gasteiger partial charge in [0.2, 0.25) is 0 Å². The SMILES string of the molecule is COc1ccccc1N1CCN(c2ccc(NC(=O)Nc3c(C)cccc3C)cc2C(=O)NCCCN(C)C)CC1. The zero-order chi connectivity index (χ0) is 29.4. The van der Waals surface area contributed by atoms with E-state index in [1.165, 1.54) is 0 Å². The summed E-state index contributed by atoms with van der Waals surface area (Å²) in [7, 11) is 5.73. The van der Waals surface area contributed by atoms with Gasteiger partial charge in [-0.25, -0.2) is 4.79 Å². The summed E-state index contributed by atoms with van der Waals surface area (Å²) in [5.74, 6) is 0.707. The molecule has 1 heterocycles. The van der Waals surface area contributed by atoms with Gasteiger partial charge in [0.05, 0.1) is 18.4 Å². The second-order valence-corrected chi connectivity index (χ2v) is 10.6. The highest BCUT2D eigenvalue weighted by Gasteiger charge is 2.24. The lowest BCUT2D eigenvalue weighted by molar-refractivity contribution is 0.0952. The summed E-state index contributed by atoms with van der Waals surface area (Å²) in [6, 6.07) is 19.1. The van der Waals surface area contributed by atoms with Crippen molar-refractivity contribution < 1.29 is 14.3 Å². The van der Waals surface area contributed by atoms with Gasteiger partial charge < -0.3 is 35.4 Å². The molecule has 41 heavy (non-hydrogen) atoms. The van der Waals surface area contributed by atoms with Crippen molar-refractivity contribution in [3.63, 3.8) is 0 Å². The first-order chi connectivity index (χ1) is 19.8. The fourth-order valence-electron chi connectivity index (χ4n) is 5.13. The molecule has 3 N–H and O–H groups in total. The van der Waals surface area contributed by atoms with Crippen molar-refractivity contribution in [3.05, 3.63) is 77.4 Å². The number of methoxy groups -OCH3 is 1. The quantitative estimate of drug-likeness (QED) is 0.305. The number of hydrogen-bond acceptors (Lipinski definition) is 6. The van der Waals surface area contributed by atoms with Crippen molar-refractivity contribution >= 4 is 34.7 Å². The minimum Gasteiger partial charge on any atom is -0.495 e. The van der Waals surface area contributed by atoms with Crippen molar-refractivity contribution in [1.29, 1.82) is 0 Å². The predicted molar refractivity (Wildman–Crippen MR) is 168 cm³/mol. The molecule has 9 heteroatoms. The van der Waals surface area contributed by atoms with E-state index in [2.05, 4.69) is 36.7 Å². The molecule has 1 aliphatic rings. The Hall–Kier alpha value is -4.24. The van der Waals surface area contributed by atoms with Crippen LogP contribution in [-0.2, 0) is 0 Å². The normalized spacial score (nSPS) is 13.2. The van der Waals surface area contributed by atoms with Crippen LogP contribution in [0.3, 0.4) is 0 Å². The van der Waals surface area contributed by atoms with Gasteiger partial charge in [-0.05, 0) is 82.4 Å². The van der Waals surface area contributed by atoms with E-state index in [1.807, 2.05) is 76.5 Å². The second kappa shape index (κ2) is 13.9. The summed E-state index contributed by atoms with van der Waals surface area (Å²) < 4.78 is 5.57. The van der Waals surface area contributed by atoms with E-state index in [0.29, 0.717) is 17.8 Å². The number of ether oxygens (including phenoxy) is 1. The van der Waals surface area contributed by atoms with Crippen molar-refractivity contribution in [2.75, 3.05) is 80.9 Å². The standard InChI is InChI=1S/C32H42N6O3/c1-23-10-8-11-24(2)30(23)35-32(40)34-25-14-15-27(26(22-25)31(39)33-16-9-17-36(3)4)37-18-20-38(21-19-37)28-12-6-7-13-29(28)41-5/h6-8,10-15,22H,9,16-21H2,1-5H3,(H,33,39)(H2,34,35,40). The van der Waals surface area contributed by atoms with E-state index in [9.17, 15) is 9.59 Å². The highest BCUT2D eigenvalue weighted by molar-refractivity contribution is 6.04. The van der Waals surface area contributed by atoms with Gasteiger partial charge in [-0.2, -0.15) is 0 Å². The van der Waals surface area contributed by atoms with Crippen LogP contribution in [0.15, 0.2) is 60.7 Å². The molecule has 0 atom stereocenters. The fourth-order valence-corrected chi connectivity index (χ4v) is 5.13. The van der Waals surface area contributed by atoms with Crippen LogP contribution in [0.4, 0.5) is 27.5 Å². The Bertz CT molecular complexity index is 1330. The molecule has 0 spiro atoms. The summed E-state index contributed by atoms with van der Waals surface area (Å²) in [5.41, 5.74) is 5.79. The molecular weight excluding hydrogens is 516 g/mol. The van der Waals surface area contributed by atoms with E-state index in [4.69, 9.17) is 4.74 Å². The van der Waals surface area contributed by atoms with E-state index in [1.54, 1.807) is 13.2 Å². The van der Waals surface area contributed by atoms with Crippen LogP contribution in [-0.4, -0.2) is 77.3 Å². The minimum atomic E-state index is -0.349. The van der Waals surface area contributed by atoms with E-state index < -0.39 is 0 Å². The number of anilines is 4. The van der Waals surface area contributed by atoms with Crippen LogP contribution in [0.2, 0.25) is 0 Å². The summed E-state index contributed by atoms with van der Waals surface area (Å²) in [6.07, 6.45) is 0.849. The van der Waals surface area contributed by atoms with Crippen LogP contribution in [0, 0.1) is 13.8 Å². The molecule has 0 radical (unpaired) electrons. The van der Waals surface area contributed by atoms with Crippen LogP contribution in [0.5, 0.6) is 5.75 Å². The highest BCUT2D eigenvalue weighted by Crippen LogP contribution is 2.31. The van der Waals surface area contributed by atoms with Crippen molar-refractivity contribution in [2.45, 2.75) is 20.3 Å². The molecule has 1 saturated heterocycles. The van der Waals surface area contributed by atoms with Crippen molar-refractivity contribution in [1.82, 2.24) is 10.2 Å². The molecule has 0 saturated carbocycles. The van der Waals surface area contributed by atoms with Gasteiger partial charge in [0, 0.05) is 49.8 Å². The molecule has 9 nitrogen and oxygen atoms in total. The molecule has 0 aliphatic carbocycles. The molecular formula is C32H42N6O3. The molecule has 0 unspecified atom stereocenters. The molecule has 3 aromatic carbocycles. The second-order valence-electron chi connectivity index (χ2n) is 10.6. The number of amides is 3. The number of rotatable bonds is 10. The largest absolute Gasteiger partial charge is 0.495 e. The molecule has 1 aliphatic heterocycles. The first kappa shape index (κ1) is 29.7. The summed E-state index contributed by atoms with van der Waals surface area (Å²) >= 11 is 0. The Morgan fingerprint density at radius 1 is 0.854 bits per heavy atom. The van der Waals surface area contributed by atoms with Gasteiger partial charge in [-0.3, -0.25) is 4.79 Å². The van der Waals surface area contributed by atoms with Gasteiger partial charge in [-0.15, -0.1) is 0 Å². The maximum atomic E-state index is 13.4. The number of hydrogen-bond donors (Lipinski definition) is 3. The lowest BCUT2D eigenvalue weighted by Gasteiger charge is -2.38.